The number of anilines is 5. The Kier molecular flexibility index (Phi) is 19.5. The van der Waals surface area contributed by atoms with Crippen LogP contribution in [0.2, 0.25) is 0 Å². The minimum absolute atomic E-state index is 1.08. The summed E-state index contributed by atoms with van der Waals surface area (Å²) >= 11 is 5.68. The summed E-state index contributed by atoms with van der Waals surface area (Å²) in [4.78, 5) is 4.38. The lowest BCUT2D eigenvalue weighted by molar-refractivity contribution is 1.30. The van der Waals surface area contributed by atoms with E-state index in [9.17, 15) is 0 Å². The molecule has 0 spiro atoms. The molecule has 93 heavy (non-hydrogen) atoms. The highest BCUT2D eigenvalue weighted by molar-refractivity contribution is 14.1. The van der Waals surface area contributed by atoms with Crippen LogP contribution in [0.5, 0.6) is 0 Å². The predicted octanol–water partition coefficient (Wildman–Crippen LogP) is 26.7. The number of alkyl halides is 1. The molecule has 0 atom stereocenters. The largest absolute Gasteiger partial charge is 0.355 e. The third-order valence-electron chi connectivity index (χ3n) is 16.8. The highest BCUT2D eigenvalue weighted by Crippen LogP contribution is 2.45. The van der Waals surface area contributed by atoms with Crippen LogP contribution in [0.3, 0.4) is 0 Å². The molecule has 0 fully saturated rings. The average molecular weight is 1370 g/mol. The summed E-state index contributed by atoms with van der Waals surface area (Å²) in [6, 6.07) is 134. The summed E-state index contributed by atoms with van der Waals surface area (Å²) in [7, 11) is 0. The Balaban J connectivity index is 0.000000143. The van der Waals surface area contributed by atoms with Gasteiger partial charge < -0.3 is 10.2 Å². The molecular formula is C89H66BrIN2. The van der Waals surface area contributed by atoms with E-state index in [0.717, 1.165) is 32.9 Å². The second-order valence-electron chi connectivity index (χ2n) is 22.6. The lowest BCUT2D eigenvalue weighted by atomic mass is 9.93. The zero-order valence-corrected chi connectivity index (χ0v) is 55.2. The third kappa shape index (κ3) is 14.0. The van der Waals surface area contributed by atoms with Crippen molar-refractivity contribution in [1.82, 2.24) is 0 Å². The Morgan fingerprint density at radius 1 is 0.247 bits per heavy atom. The van der Waals surface area contributed by atoms with Crippen LogP contribution in [0.4, 0.5) is 28.4 Å². The minimum Gasteiger partial charge on any atom is -0.355 e. The molecule has 1 N–H and O–H groups in total. The molecule has 0 radical (unpaired) electrons. The fraction of sp³-hybridized carbons (Fsp3) is 0.0112. The first-order valence-electron chi connectivity index (χ1n) is 31.3. The maximum Gasteiger partial charge on any atom is 0.0540 e. The number of nitrogens with zero attached hydrogens (tertiary/aromatic N) is 1. The standard InChI is InChI=1S/C44H31N.C32H23N.C12H9Br.CH3I/c1-3-14-33(15-4-1)40-23-11-12-24-43(40)45(44-25-13-20-34-18-7-10-22-41(34)44)38-28-26-32(27-29-38)37-30-36-19-8-9-21-39(36)42(31-37)35-16-5-2-6-17-35;1-2-9-25(10-3-1)31-22-27(21-26-12-5-6-14-29(26)31)23-17-19-28(20-18-23)33-32-16-8-13-24-11-4-7-15-30(24)32;13-12-9-5-4-8-11(12)10-6-2-1-3-7-10;1-2/h1-31H;1-22,33H;1-9H;1H3. The fourth-order valence-corrected chi connectivity index (χ4v) is 12.9. The van der Waals surface area contributed by atoms with Gasteiger partial charge in [0.25, 0.3) is 0 Å². The van der Waals surface area contributed by atoms with Crippen molar-refractivity contribution in [3.8, 4) is 66.8 Å². The van der Waals surface area contributed by atoms with Crippen molar-refractivity contribution in [2.75, 3.05) is 15.1 Å². The van der Waals surface area contributed by atoms with Crippen LogP contribution < -0.4 is 10.2 Å². The second kappa shape index (κ2) is 29.5. The van der Waals surface area contributed by atoms with Crippen molar-refractivity contribution in [1.29, 1.82) is 0 Å². The van der Waals surface area contributed by atoms with Gasteiger partial charge in [-0.15, -0.1) is 0 Å². The van der Waals surface area contributed by atoms with Crippen molar-refractivity contribution in [3.63, 3.8) is 0 Å². The zero-order chi connectivity index (χ0) is 63.1. The minimum atomic E-state index is 1.08. The number of para-hydroxylation sites is 1. The third-order valence-corrected chi connectivity index (χ3v) is 17.5. The summed E-state index contributed by atoms with van der Waals surface area (Å²) in [6.45, 7) is 0. The quantitative estimate of drug-likeness (QED) is 0.103. The van der Waals surface area contributed by atoms with E-state index in [4.69, 9.17) is 0 Å². The van der Waals surface area contributed by atoms with Crippen LogP contribution in [-0.2, 0) is 0 Å². The van der Waals surface area contributed by atoms with E-state index < -0.39 is 0 Å². The topological polar surface area (TPSA) is 15.3 Å². The van der Waals surface area contributed by atoms with Gasteiger partial charge in [-0.05, 0) is 171 Å². The van der Waals surface area contributed by atoms with Crippen LogP contribution >= 0.6 is 38.5 Å². The lowest BCUT2D eigenvalue weighted by Crippen LogP contribution is -2.11. The van der Waals surface area contributed by atoms with Crippen LogP contribution in [0.1, 0.15) is 0 Å². The van der Waals surface area contributed by atoms with E-state index in [1.807, 2.05) is 23.1 Å². The molecular weight excluding hydrogens is 1300 g/mol. The van der Waals surface area contributed by atoms with Gasteiger partial charge in [0.2, 0.25) is 0 Å². The molecule has 0 aliphatic carbocycles. The van der Waals surface area contributed by atoms with Gasteiger partial charge in [-0.2, -0.15) is 0 Å². The summed E-state index contributed by atoms with van der Waals surface area (Å²) in [5.41, 5.74) is 20.3. The van der Waals surface area contributed by atoms with Gasteiger partial charge >= 0.3 is 0 Å². The number of halogens is 2. The smallest absolute Gasteiger partial charge is 0.0540 e. The zero-order valence-electron chi connectivity index (χ0n) is 51.5. The van der Waals surface area contributed by atoms with Crippen LogP contribution in [-0.4, -0.2) is 4.93 Å². The maximum atomic E-state index is 3.59. The number of hydrogen-bond acceptors (Lipinski definition) is 2. The molecule has 0 heterocycles. The first-order valence-corrected chi connectivity index (χ1v) is 34.2. The number of benzene rings is 16. The summed E-state index contributed by atoms with van der Waals surface area (Å²) in [6.07, 6.45) is 0. The Morgan fingerprint density at radius 2 is 0.613 bits per heavy atom. The van der Waals surface area contributed by atoms with E-state index in [1.165, 1.54) is 110 Å². The van der Waals surface area contributed by atoms with Crippen molar-refractivity contribution in [2.45, 2.75) is 0 Å². The number of rotatable bonds is 11. The van der Waals surface area contributed by atoms with E-state index in [0.29, 0.717) is 0 Å². The predicted molar refractivity (Wildman–Crippen MR) is 414 cm³/mol. The van der Waals surface area contributed by atoms with Gasteiger partial charge in [-0.3, -0.25) is 0 Å². The van der Waals surface area contributed by atoms with Gasteiger partial charge in [0.1, 0.15) is 0 Å². The van der Waals surface area contributed by atoms with Gasteiger partial charge in [-0.25, -0.2) is 0 Å². The van der Waals surface area contributed by atoms with Crippen molar-refractivity contribution < 1.29 is 0 Å². The van der Waals surface area contributed by atoms with Crippen LogP contribution in [0.25, 0.3) is 110 Å². The molecule has 16 rings (SSSR count). The number of fused-ring (bicyclic) bond motifs is 4. The molecule has 0 unspecified atom stereocenters. The molecule has 0 aliphatic heterocycles. The first kappa shape index (κ1) is 61.2. The highest BCUT2D eigenvalue weighted by Gasteiger charge is 2.20. The SMILES string of the molecule is Brc1ccccc1-c1ccccc1.CI.c1ccc(-c2cc(-c3ccc(Nc4cccc5ccccc45)cc3)cc3ccccc23)cc1.c1ccc(-c2ccccc2N(c2ccc(-c3cc(-c4ccccc4)c4ccccc4c3)cc2)c2cccc3ccccc23)cc1. The summed E-state index contributed by atoms with van der Waals surface area (Å²) in [5.74, 6) is 0. The van der Waals surface area contributed by atoms with E-state index >= 15 is 0 Å². The Labute approximate surface area is 568 Å². The molecule has 0 aromatic heterocycles. The number of nitrogens with one attached hydrogen (secondary N) is 1. The molecule has 0 saturated heterocycles. The highest BCUT2D eigenvalue weighted by atomic mass is 127. The van der Waals surface area contributed by atoms with E-state index in [1.54, 1.807) is 0 Å². The van der Waals surface area contributed by atoms with Crippen LogP contribution in [0, 0.1) is 0 Å². The van der Waals surface area contributed by atoms with Crippen molar-refractivity contribution >= 4 is 110 Å². The van der Waals surface area contributed by atoms with Crippen LogP contribution in [0.15, 0.2) is 381 Å². The van der Waals surface area contributed by atoms with Gasteiger partial charge in [0.15, 0.2) is 0 Å². The molecule has 0 amide bonds. The Hall–Kier alpha value is -10.6. The lowest BCUT2D eigenvalue weighted by Gasteiger charge is -2.29. The van der Waals surface area contributed by atoms with E-state index in [-0.39, 0.29) is 0 Å². The number of hydrogen-bond donors (Lipinski definition) is 1. The summed E-state index contributed by atoms with van der Waals surface area (Å²) < 4.78 is 1.14. The van der Waals surface area contributed by atoms with Crippen molar-refractivity contribution in [3.05, 3.63) is 381 Å². The second-order valence-corrected chi connectivity index (χ2v) is 23.4. The molecule has 0 bridgehead atoms. The van der Waals surface area contributed by atoms with Gasteiger partial charge in [0.05, 0.1) is 11.4 Å². The molecule has 4 heteroatoms. The monoisotopic (exact) mass is 1370 g/mol. The van der Waals surface area contributed by atoms with Gasteiger partial charge in [-0.1, -0.05) is 342 Å². The maximum absolute atomic E-state index is 3.59. The molecule has 2 nitrogen and oxygen atoms in total. The molecule has 16 aromatic rings. The van der Waals surface area contributed by atoms with E-state index in [2.05, 4.69) is 407 Å². The molecule has 446 valence electrons. The molecule has 0 aliphatic rings. The molecule has 16 aromatic carbocycles. The average Bonchev–Trinajstić information content (AvgIpc) is 0.834. The van der Waals surface area contributed by atoms with Crippen molar-refractivity contribution in [2.24, 2.45) is 0 Å². The first-order chi connectivity index (χ1) is 46.1. The Morgan fingerprint density at radius 3 is 1.14 bits per heavy atom. The molecule has 0 saturated carbocycles. The summed E-state index contributed by atoms with van der Waals surface area (Å²) in [5, 5.41) is 13.5. The normalized spacial score (nSPS) is 10.7. The fourth-order valence-electron chi connectivity index (χ4n) is 12.4. The Bertz CT molecular complexity index is 5120. The van der Waals surface area contributed by atoms with Gasteiger partial charge in [0, 0.05) is 37.9 Å².